The Morgan fingerprint density at radius 3 is 2.84 bits per heavy atom. The van der Waals surface area contributed by atoms with Crippen LogP contribution < -0.4 is 4.90 Å². The first-order chi connectivity index (χ1) is 9.04. The van der Waals surface area contributed by atoms with E-state index < -0.39 is 11.9 Å². The van der Waals surface area contributed by atoms with E-state index in [1.165, 1.54) is 7.11 Å². The molecule has 1 aromatic carbocycles. The lowest BCUT2D eigenvalue weighted by molar-refractivity contribution is -0.140. The molecule has 5 heteroatoms. The highest BCUT2D eigenvalue weighted by atomic mass is 16.5. The van der Waals surface area contributed by atoms with Gasteiger partial charge in [0.1, 0.15) is 5.92 Å². The quantitative estimate of drug-likeness (QED) is 0.892. The topological polar surface area (TPSA) is 66.8 Å². The van der Waals surface area contributed by atoms with E-state index in [2.05, 4.69) is 0 Å². The molecule has 2 rings (SSSR count). The highest BCUT2D eigenvalue weighted by Crippen LogP contribution is 2.30. The normalized spacial score (nSPS) is 16.1. The molecule has 1 unspecified atom stereocenters. The zero-order valence-corrected chi connectivity index (χ0v) is 11.0. The van der Waals surface area contributed by atoms with E-state index in [4.69, 9.17) is 4.74 Å². The minimum atomic E-state index is -0.901. The lowest BCUT2D eigenvalue weighted by Gasteiger charge is -2.26. The average molecular weight is 263 g/mol. The number of hydrogen-bond donors (Lipinski definition) is 1. The molecule has 0 bridgehead atoms. The molecule has 1 aromatic rings. The molecule has 19 heavy (non-hydrogen) atoms. The highest BCUT2D eigenvalue weighted by Gasteiger charge is 2.24. The molecule has 5 nitrogen and oxygen atoms in total. The van der Waals surface area contributed by atoms with Gasteiger partial charge in [0.2, 0.25) is 5.91 Å². The second-order valence-corrected chi connectivity index (χ2v) is 4.69. The van der Waals surface area contributed by atoms with Crippen molar-refractivity contribution in [1.82, 2.24) is 0 Å². The Labute approximate surface area is 111 Å². The number of anilines is 1. The maximum absolute atomic E-state index is 11.6. The highest BCUT2D eigenvalue weighted by molar-refractivity contribution is 5.96. The van der Waals surface area contributed by atoms with E-state index in [-0.39, 0.29) is 12.5 Å². The summed E-state index contributed by atoms with van der Waals surface area (Å²) in [6.45, 7) is 0.142. The Bertz CT molecular complexity index is 512. The number of carbonyl (C=O) groups excluding carboxylic acids is 1. The van der Waals surface area contributed by atoms with Gasteiger partial charge in [-0.1, -0.05) is 12.1 Å². The van der Waals surface area contributed by atoms with Crippen LogP contribution in [0.15, 0.2) is 18.2 Å². The zero-order valence-electron chi connectivity index (χ0n) is 11.0. The van der Waals surface area contributed by atoms with Crippen molar-refractivity contribution in [3.63, 3.8) is 0 Å². The Balaban J connectivity index is 2.35. The van der Waals surface area contributed by atoms with Crippen LogP contribution in [0.3, 0.4) is 0 Å². The van der Waals surface area contributed by atoms with Crippen LogP contribution in [0.2, 0.25) is 0 Å². The van der Waals surface area contributed by atoms with Crippen LogP contribution >= 0.6 is 0 Å². The van der Waals surface area contributed by atoms with Crippen molar-refractivity contribution in [1.29, 1.82) is 0 Å². The number of ether oxygens (including phenoxy) is 1. The smallest absolute Gasteiger partial charge is 0.313 e. The number of nitrogens with zero attached hydrogens (tertiary/aromatic N) is 1. The van der Waals surface area contributed by atoms with Gasteiger partial charge in [0.25, 0.3) is 0 Å². The number of carboxylic acid groups (broad SMARTS) is 1. The number of benzene rings is 1. The number of fused-ring (bicyclic) bond motifs is 1. The number of carbonyl (C=O) groups is 2. The van der Waals surface area contributed by atoms with Gasteiger partial charge in [0, 0.05) is 26.3 Å². The standard InChI is InChI=1S/C14H17NO4/c1-15-12-5-3-9(11(8-19-2)14(17)18)7-10(12)4-6-13(15)16/h3,5,7,11H,4,6,8H2,1-2H3,(H,17,18). The Morgan fingerprint density at radius 2 is 2.21 bits per heavy atom. The van der Waals surface area contributed by atoms with Crippen LogP contribution in [-0.4, -0.2) is 37.7 Å². The number of aryl methyl sites for hydroxylation is 1. The number of aliphatic carboxylic acids is 1. The molecule has 1 aliphatic heterocycles. The summed E-state index contributed by atoms with van der Waals surface area (Å²) >= 11 is 0. The maximum Gasteiger partial charge on any atom is 0.313 e. The van der Waals surface area contributed by atoms with Crippen LogP contribution in [0.25, 0.3) is 0 Å². The predicted octanol–water partition coefficient (Wildman–Crippen LogP) is 1.41. The molecular formula is C14H17NO4. The average Bonchev–Trinajstić information content (AvgIpc) is 2.39. The molecule has 0 saturated heterocycles. The van der Waals surface area contributed by atoms with Crippen molar-refractivity contribution in [2.45, 2.75) is 18.8 Å². The molecule has 1 atom stereocenters. The summed E-state index contributed by atoms with van der Waals surface area (Å²) in [5, 5.41) is 9.21. The van der Waals surface area contributed by atoms with Crippen molar-refractivity contribution in [2.24, 2.45) is 0 Å². The van der Waals surface area contributed by atoms with Crippen molar-refractivity contribution in [3.05, 3.63) is 29.3 Å². The summed E-state index contributed by atoms with van der Waals surface area (Å²) in [7, 11) is 3.23. The molecule has 1 N–H and O–H groups in total. The van der Waals surface area contributed by atoms with Gasteiger partial charge in [-0.15, -0.1) is 0 Å². The van der Waals surface area contributed by atoms with Crippen LogP contribution in [0.1, 0.15) is 23.5 Å². The Kier molecular flexibility index (Phi) is 3.85. The second kappa shape index (κ2) is 5.40. The largest absolute Gasteiger partial charge is 0.481 e. The van der Waals surface area contributed by atoms with E-state index >= 15 is 0 Å². The van der Waals surface area contributed by atoms with Crippen molar-refractivity contribution < 1.29 is 19.4 Å². The summed E-state index contributed by atoms with van der Waals surface area (Å²) < 4.78 is 4.96. The summed E-state index contributed by atoms with van der Waals surface area (Å²) in [5.41, 5.74) is 2.60. The SMILES string of the molecule is COCC(C(=O)O)c1ccc2c(c1)CCC(=O)N2C. The van der Waals surface area contributed by atoms with Crippen LogP contribution in [0.4, 0.5) is 5.69 Å². The minimum absolute atomic E-state index is 0.0897. The first kappa shape index (κ1) is 13.5. The third-order valence-corrected chi connectivity index (χ3v) is 3.48. The molecule has 0 fully saturated rings. The van der Waals surface area contributed by atoms with Crippen molar-refractivity contribution in [3.8, 4) is 0 Å². The lowest BCUT2D eigenvalue weighted by Crippen LogP contribution is -2.31. The number of rotatable bonds is 4. The fraction of sp³-hybridized carbons (Fsp3) is 0.429. The molecule has 0 spiro atoms. The summed E-state index contributed by atoms with van der Waals surface area (Å²) in [6, 6.07) is 5.44. The van der Waals surface area contributed by atoms with Crippen LogP contribution in [0, 0.1) is 0 Å². The van der Waals surface area contributed by atoms with E-state index in [0.717, 1.165) is 16.8 Å². The van der Waals surface area contributed by atoms with Gasteiger partial charge in [-0.05, 0) is 23.6 Å². The molecule has 1 heterocycles. The van der Waals surface area contributed by atoms with Gasteiger partial charge in [0.05, 0.1) is 6.61 Å². The van der Waals surface area contributed by atoms with Gasteiger partial charge >= 0.3 is 5.97 Å². The Hall–Kier alpha value is -1.88. The van der Waals surface area contributed by atoms with Gasteiger partial charge in [-0.3, -0.25) is 9.59 Å². The van der Waals surface area contributed by atoms with E-state index in [1.807, 2.05) is 12.1 Å². The lowest BCUT2D eigenvalue weighted by atomic mass is 9.93. The first-order valence-corrected chi connectivity index (χ1v) is 6.15. The zero-order chi connectivity index (χ0) is 14.0. The van der Waals surface area contributed by atoms with Crippen molar-refractivity contribution >= 4 is 17.6 Å². The van der Waals surface area contributed by atoms with Gasteiger partial charge in [0.15, 0.2) is 0 Å². The molecule has 0 aromatic heterocycles. The molecule has 1 amide bonds. The molecular weight excluding hydrogens is 246 g/mol. The third-order valence-electron chi connectivity index (χ3n) is 3.48. The van der Waals surface area contributed by atoms with Gasteiger partial charge < -0.3 is 14.7 Å². The van der Waals surface area contributed by atoms with Gasteiger partial charge in [-0.25, -0.2) is 0 Å². The minimum Gasteiger partial charge on any atom is -0.481 e. The predicted molar refractivity (Wildman–Crippen MR) is 70.4 cm³/mol. The van der Waals surface area contributed by atoms with E-state index in [9.17, 15) is 14.7 Å². The van der Waals surface area contributed by atoms with E-state index in [0.29, 0.717) is 12.8 Å². The summed E-state index contributed by atoms with van der Waals surface area (Å²) in [4.78, 5) is 24.4. The monoisotopic (exact) mass is 263 g/mol. The van der Waals surface area contributed by atoms with Gasteiger partial charge in [-0.2, -0.15) is 0 Å². The number of hydrogen-bond acceptors (Lipinski definition) is 3. The second-order valence-electron chi connectivity index (χ2n) is 4.69. The van der Waals surface area contributed by atoms with E-state index in [1.54, 1.807) is 18.0 Å². The van der Waals surface area contributed by atoms with Crippen LogP contribution in [-0.2, 0) is 20.7 Å². The molecule has 1 aliphatic rings. The number of methoxy groups -OCH3 is 1. The van der Waals surface area contributed by atoms with Crippen molar-refractivity contribution in [2.75, 3.05) is 25.7 Å². The molecule has 0 saturated carbocycles. The maximum atomic E-state index is 11.6. The summed E-state index contributed by atoms with van der Waals surface area (Å²) in [5.74, 6) is -1.48. The first-order valence-electron chi connectivity index (χ1n) is 6.15. The van der Waals surface area contributed by atoms with Crippen LogP contribution in [0.5, 0.6) is 0 Å². The summed E-state index contributed by atoms with van der Waals surface area (Å²) in [6.07, 6.45) is 1.13. The molecule has 0 radical (unpaired) electrons. The fourth-order valence-corrected chi connectivity index (χ4v) is 2.37. The number of amides is 1. The number of carboxylic acids is 1. The Morgan fingerprint density at radius 1 is 1.47 bits per heavy atom. The molecule has 102 valence electrons. The molecule has 0 aliphatic carbocycles. The third kappa shape index (κ3) is 2.61. The fourth-order valence-electron chi connectivity index (χ4n) is 2.37.